The average molecular weight is 469 g/mol. The predicted molar refractivity (Wildman–Crippen MR) is 118 cm³/mol. The molecule has 0 radical (unpaired) electrons. The summed E-state index contributed by atoms with van der Waals surface area (Å²) in [6.07, 6.45) is 2.70. The lowest BCUT2D eigenvalue weighted by Crippen LogP contribution is -2.55. The number of rotatable bonds is 6. The van der Waals surface area contributed by atoms with Crippen molar-refractivity contribution in [2.75, 3.05) is 59.1 Å². The van der Waals surface area contributed by atoms with Crippen LogP contribution in [-0.4, -0.2) is 86.2 Å². The van der Waals surface area contributed by atoms with Gasteiger partial charge in [0.25, 0.3) is 0 Å². The maximum atomic E-state index is 4.40. The van der Waals surface area contributed by atoms with Crippen LogP contribution in [0.3, 0.4) is 0 Å². The van der Waals surface area contributed by atoms with E-state index in [4.69, 9.17) is 0 Å². The van der Waals surface area contributed by atoms with Crippen molar-refractivity contribution in [1.29, 1.82) is 0 Å². The van der Waals surface area contributed by atoms with E-state index in [0.717, 1.165) is 24.3 Å². The molecule has 0 aromatic rings. The molecule has 0 amide bonds. The van der Waals surface area contributed by atoms with Gasteiger partial charge in [0.05, 0.1) is 0 Å². The Labute approximate surface area is 169 Å². The number of likely N-dealkylation sites (N-methyl/N-ethyl adjacent to an activating group) is 1. The molecule has 2 fully saturated rings. The molecule has 2 heterocycles. The number of aliphatic imine (C=N–C) groups is 1. The summed E-state index contributed by atoms with van der Waals surface area (Å²) in [4.78, 5) is 9.45. The van der Waals surface area contributed by atoms with Crippen LogP contribution >= 0.6 is 35.7 Å². The molecule has 2 unspecified atom stereocenters. The van der Waals surface area contributed by atoms with Gasteiger partial charge in [-0.3, -0.25) is 9.89 Å². The quantitative estimate of drug-likeness (QED) is 0.354. The van der Waals surface area contributed by atoms with E-state index in [-0.39, 0.29) is 24.0 Å². The second-order valence-corrected chi connectivity index (χ2v) is 8.53. The van der Waals surface area contributed by atoms with E-state index in [1.54, 1.807) is 0 Å². The van der Waals surface area contributed by atoms with Crippen molar-refractivity contribution in [2.24, 2.45) is 10.9 Å². The zero-order chi connectivity index (χ0) is 16.7. The SMILES string of the molecule is CN=C(NCC1CCCS1)NCC(C(C)C)N1CCN(C)CC1.I. The Morgan fingerprint density at radius 3 is 2.46 bits per heavy atom. The van der Waals surface area contributed by atoms with Crippen LogP contribution in [-0.2, 0) is 0 Å². The first-order valence-corrected chi connectivity index (χ1v) is 10.1. The van der Waals surface area contributed by atoms with Crippen molar-refractivity contribution < 1.29 is 0 Å². The maximum absolute atomic E-state index is 4.40. The first kappa shape index (κ1) is 22.3. The van der Waals surface area contributed by atoms with Gasteiger partial charge in [-0.15, -0.1) is 24.0 Å². The van der Waals surface area contributed by atoms with Crippen molar-refractivity contribution in [3.8, 4) is 0 Å². The maximum Gasteiger partial charge on any atom is 0.191 e. The molecule has 24 heavy (non-hydrogen) atoms. The smallest absolute Gasteiger partial charge is 0.191 e. The summed E-state index contributed by atoms with van der Waals surface area (Å²) in [5, 5.41) is 7.82. The van der Waals surface area contributed by atoms with E-state index in [1.807, 2.05) is 7.05 Å². The van der Waals surface area contributed by atoms with E-state index in [1.165, 1.54) is 44.8 Å². The van der Waals surface area contributed by atoms with Gasteiger partial charge in [0.2, 0.25) is 0 Å². The third kappa shape index (κ3) is 7.25. The monoisotopic (exact) mass is 469 g/mol. The third-order valence-electron chi connectivity index (χ3n) is 5.00. The minimum Gasteiger partial charge on any atom is -0.355 e. The van der Waals surface area contributed by atoms with Crippen LogP contribution in [0.2, 0.25) is 0 Å². The highest BCUT2D eigenvalue weighted by Gasteiger charge is 2.25. The van der Waals surface area contributed by atoms with Crippen molar-refractivity contribution in [2.45, 2.75) is 38.0 Å². The van der Waals surface area contributed by atoms with Gasteiger partial charge in [0, 0.05) is 57.6 Å². The predicted octanol–water partition coefficient (Wildman–Crippen LogP) is 1.94. The van der Waals surface area contributed by atoms with Gasteiger partial charge in [-0.05, 0) is 31.6 Å². The first-order chi connectivity index (χ1) is 11.1. The minimum atomic E-state index is 0. The molecule has 2 rings (SSSR count). The summed E-state index contributed by atoms with van der Waals surface area (Å²) in [6, 6.07) is 0.572. The Morgan fingerprint density at radius 1 is 1.21 bits per heavy atom. The molecule has 2 N–H and O–H groups in total. The zero-order valence-corrected chi connectivity index (χ0v) is 18.9. The molecule has 0 saturated carbocycles. The molecular weight excluding hydrogens is 433 g/mol. The van der Waals surface area contributed by atoms with Gasteiger partial charge in [-0.1, -0.05) is 13.8 Å². The molecule has 0 bridgehead atoms. The molecule has 0 aromatic heterocycles. The molecule has 7 heteroatoms. The van der Waals surface area contributed by atoms with Gasteiger partial charge in [0.15, 0.2) is 5.96 Å². The third-order valence-corrected chi connectivity index (χ3v) is 6.40. The van der Waals surface area contributed by atoms with Gasteiger partial charge in [0.1, 0.15) is 0 Å². The molecule has 0 spiro atoms. The van der Waals surface area contributed by atoms with Crippen molar-refractivity contribution in [3.05, 3.63) is 0 Å². The van der Waals surface area contributed by atoms with E-state index < -0.39 is 0 Å². The number of piperazine rings is 1. The number of guanidine groups is 1. The van der Waals surface area contributed by atoms with Crippen LogP contribution < -0.4 is 10.6 Å². The zero-order valence-electron chi connectivity index (χ0n) is 15.8. The van der Waals surface area contributed by atoms with Crippen LogP contribution in [0.5, 0.6) is 0 Å². The molecular formula is C17H36IN5S. The van der Waals surface area contributed by atoms with Crippen LogP contribution in [0.25, 0.3) is 0 Å². The molecule has 2 atom stereocenters. The molecule has 142 valence electrons. The van der Waals surface area contributed by atoms with Crippen molar-refractivity contribution in [3.63, 3.8) is 0 Å². The fraction of sp³-hybridized carbons (Fsp3) is 0.941. The lowest BCUT2D eigenvalue weighted by atomic mass is 10.0. The summed E-state index contributed by atoms with van der Waals surface area (Å²) in [5.41, 5.74) is 0. The molecule has 0 aromatic carbocycles. The highest BCUT2D eigenvalue weighted by molar-refractivity contribution is 14.0. The largest absolute Gasteiger partial charge is 0.355 e. The van der Waals surface area contributed by atoms with Crippen molar-refractivity contribution in [1.82, 2.24) is 20.4 Å². The second-order valence-electron chi connectivity index (χ2n) is 7.12. The average Bonchev–Trinajstić information content (AvgIpc) is 3.05. The molecule has 2 aliphatic rings. The molecule has 2 aliphatic heterocycles. The fourth-order valence-electron chi connectivity index (χ4n) is 3.38. The van der Waals surface area contributed by atoms with Crippen molar-refractivity contribution >= 4 is 41.7 Å². The Hall–Kier alpha value is 0.270. The second kappa shape index (κ2) is 11.8. The standard InChI is InChI=1S/C17H35N5S.HI/c1-14(2)16(22-9-7-21(4)8-10-22)13-20-17(18-3)19-12-15-6-5-11-23-15;/h14-16H,5-13H2,1-4H3,(H2,18,19,20);1H. The molecule has 5 nitrogen and oxygen atoms in total. The van der Waals surface area contributed by atoms with E-state index >= 15 is 0 Å². The van der Waals surface area contributed by atoms with E-state index in [9.17, 15) is 0 Å². The first-order valence-electron chi connectivity index (χ1n) is 9.09. The number of halogens is 1. The van der Waals surface area contributed by atoms with Crippen LogP contribution in [0.1, 0.15) is 26.7 Å². The van der Waals surface area contributed by atoms with E-state index in [0.29, 0.717) is 12.0 Å². The Balaban J connectivity index is 0.00000288. The number of hydrogen-bond acceptors (Lipinski definition) is 4. The summed E-state index contributed by atoms with van der Waals surface area (Å²) >= 11 is 2.09. The van der Waals surface area contributed by atoms with Gasteiger partial charge in [-0.25, -0.2) is 0 Å². The summed E-state index contributed by atoms with van der Waals surface area (Å²) in [7, 11) is 4.09. The number of hydrogen-bond donors (Lipinski definition) is 2. The normalized spacial score (nSPS) is 24.7. The van der Waals surface area contributed by atoms with Gasteiger partial charge < -0.3 is 15.5 Å². The lowest BCUT2D eigenvalue weighted by Gasteiger charge is -2.40. The van der Waals surface area contributed by atoms with Crippen LogP contribution in [0.15, 0.2) is 4.99 Å². The molecule has 0 aliphatic carbocycles. The van der Waals surface area contributed by atoms with Gasteiger partial charge in [-0.2, -0.15) is 11.8 Å². The van der Waals surface area contributed by atoms with Crippen LogP contribution in [0, 0.1) is 5.92 Å². The van der Waals surface area contributed by atoms with Crippen LogP contribution in [0.4, 0.5) is 0 Å². The Bertz CT molecular complexity index is 366. The molecule has 2 saturated heterocycles. The highest BCUT2D eigenvalue weighted by atomic mass is 127. The Kier molecular flexibility index (Phi) is 11.0. The number of nitrogens with zero attached hydrogens (tertiary/aromatic N) is 3. The summed E-state index contributed by atoms with van der Waals surface area (Å²) < 4.78 is 0. The van der Waals surface area contributed by atoms with Gasteiger partial charge >= 0.3 is 0 Å². The number of nitrogens with one attached hydrogen (secondary N) is 2. The fourth-order valence-corrected chi connectivity index (χ4v) is 4.58. The van der Waals surface area contributed by atoms with E-state index in [2.05, 4.69) is 58.1 Å². The summed E-state index contributed by atoms with van der Waals surface area (Å²) in [6.45, 7) is 11.4. The summed E-state index contributed by atoms with van der Waals surface area (Å²) in [5.74, 6) is 2.92. The number of thioether (sulfide) groups is 1. The topological polar surface area (TPSA) is 42.9 Å². The lowest BCUT2D eigenvalue weighted by molar-refractivity contribution is 0.0900. The highest BCUT2D eigenvalue weighted by Crippen LogP contribution is 2.25. The Morgan fingerprint density at radius 2 is 1.92 bits per heavy atom. The minimum absolute atomic E-state index is 0.